The van der Waals surface area contributed by atoms with E-state index in [9.17, 15) is 35.9 Å². The van der Waals surface area contributed by atoms with Gasteiger partial charge < -0.3 is 15.7 Å². The molecule has 9 nitrogen and oxygen atoms in total. The number of halogens is 8. The van der Waals surface area contributed by atoms with E-state index < -0.39 is 31.2 Å². The maximum atomic E-state index is 12.4. The minimum Gasteiger partial charge on any atom is -0.478 e. The molecule has 3 N–H and O–H groups in total. The minimum absolute atomic E-state index is 0.0819. The van der Waals surface area contributed by atoms with Crippen LogP contribution in [0.2, 0.25) is 0 Å². The number of imidazole rings is 2. The first-order valence-electron chi connectivity index (χ1n) is 16.8. The third kappa shape index (κ3) is 10.2. The number of nitrogens with zero attached hydrogens (tertiary/aromatic N) is 4. The van der Waals surface area contributed by atoms with E-state index in [1.807, 2.05) is 36.6 Å². The van der Waals surface area contributed by atoms with Crippen molar-refractivity contribution in [3.63, 3.8) is 0 Å². The van der Waals surface area contributed by atoms with Crippen LogP contribution < -0.4 is 10.6 Å². The van der Waals surface area contributed by atoms with Crippen molar-refractivity contribution in [1.29, 1.82) is 0 Å². The third-order valence-electron chi connectivity index (χ3n) is 8.51. The second kappa shape index (κ2) is 16.9. The number of hydrogen-bond donors (Lipinski definition) is 3. The van der Waals surface area contributed by atoms with Gasteiger partial charge in [0.05, 0.1) is 40.8 Å². The third-order valence-corrected chi connectivity index (χ3v) is 9.42. The van der Waals surface area contributed by atoms with Crippen LogP contribution in [0.25, 0.3) is 33.4 Å². The molecule has 290 valence electrons. The number of fused-ring (bicyclic) bond motifs is 2. The van der Waals surface area contributed by atoms with Crippen LogP contribution in [-0.4, -0.2) is 61.4 Å². The van der Waals surface area contributed by atoms with E-state index in [2.05, 4.69) is 52.5 Å². The molecule has 6 aromatic rings. The number of alkyl halides is 6. The van der Waals surface area contributed by atoms with E-state index in [4.69, 9.17) is 5.11 Å². The van der Waals surface area contributed by atoms with Crippen molar-refractivity contribution in [2.24, 2.45) is 0 Å². The molecular formula is C38H34Br2F6N6O3. The molecule has 0 aliphatic carbocycles. The molecule has 0 unspecified atom stereocenters. The van der Waals surface area contributed by atoms with Crippen LogP contribution in [0, 0.1) is 13.8 Å². The summed E-state index contributed by atoms with van der Waals surface area (Å²) in [7, 11) is 0. The van der Waals surface area contributed by atoms with Crippen molar-refractivity contribution in [3.8, 4) is 11.4 Å². The Hall–Kier alpha value is -4.90. The highest BCUT2D eigenvalue weighted by Crippen LogP contribution is 2.32. The summed E-state index contributed by atoms with van der Waals surface area (Å²) in [5, 5.41) is 14.8. The summed E-state index contributed by atoms with van der Waals surface area (Å²) in [6.45, 7) is 4.92. The fourth-order valence-corrected chi connectivity index (χ4v) is 6.75. The number of aromatic carboxylic acids is 1. The van der Waals surface area contributed by atoms with Crippen LogP contribution >= 0.6 is 31.9 Å². The Labute approximate surface area is 328 Å². The summed E-state index contributed by atoms with van der Waals surface area (Å²) in [5.41, 5.74) is 7.45. The number of benzene rings is 4. The van der Waals surface area contributed by atoms with Gasteiger partial charge >= 0.3 is 18.3 Å². The van der Waals surface area contributed by atoms with Gasteiger partial charge in [0.1, 0.15) is 23.7 Å². The van der Waals surface area contributed by atoms with Gasteiger partial charge in [-0.2, -0.15) is 26.3 Å². The van der Waals surface area contributed by atoms with Crippen molar-refractivity contribution in [2.75, 3.05) is 23.7 Å². The van der Waals surface area contributed by atoms with Crippen molar-refractivity contribution >= 4 is 77.1 Å². The predicted molar refractivity (Wildman–Crippen MR) is 207 cm³/mol. The van der Waals surface area contributed by atoms with Crippen molar-refractivity contribution in [1.82, 2.24) is 19.1 Å². The average Bonchev–Trinajstić information content (AvgIpc) is 3.71. The molecule has 17 heteroatoms. The summed E-state index contributed by atoms with van der Waals surface area (Å²) in [6, 6.07) is 17.5. The van der Waals surface area contributed by atoms with Gasteiger partial charge in [-0.25, -0.2) is 14.8 Å². The maximum absolute atomic E-state index is 12.4. The topological polar surface area (TPSA) is 114 Å². The number of hydrogen-bond acceptors (Lipinski definition) is 6. The molecule has 0 amide bonds. The average molecular weight is 897 g/mol. The number of carbonyl (C=O) groups excluding carboxylic acids is 1. The molecule has 0 bridgehead atoms. The van der Waals surface area contributed by atoms with Crippen LogP contribution in [0.15, 0.2) is 82.3 Å². The number of Topliss-reactive ketones (excluding diaryl/α,β-unsaturated/α-hetero) is 1. The number of carboxylic acids is 1. The molecule has 0 aliphatic heterocycles. The summed E-state index contributed by atoms with van der Waals surface area (Å²) in [6.07, 6.45) is -6.70. The van der Waals surface area contributed by atoms with Gasteiger partial charge in [0.25, 0.3) is 0 Å². The van der Waals surface area contributed by atoms with Gasteiger partial charge in [-0.15, -0.1) is 0 Å². The number of aromatic nitrogens is 4. The minimum atomic E-state index is -4.24. The Bertz CT molecular complexity index is 2370. The van der Waals surface area contributed by atoms with Gasteiger partial charge in [-0.05, 0) is 85.6 Å². The van der Waals surface area contributed by atoms with Crippen LogP contribution in [-0.2, 0) is 0 Å². The highest BCUT2D eigenvalue weighted by molar-refractivity contribution is 9.10. The Morgan fingerprint density at radius 3 is 1.47 bits per heavy atom. The Kier molecular flexibility index (Phi) is 12.6. The van der Waals surface area contributed by atoms with Crippen LogP contribution in [0.3, 0.4) is 0 Å². The van der Waals surface area contributed by atoms with Crippen molar-refractivity contribution < 1.29 is 41.0 Å². The van der Waals surface area contributed by atoms with Gasteiger partial charge in [-0.3, -0.25) is 13.9 Å². The Morgan fingerprint density at radius 1 is 0.691 bits per heavy atom. The summed E-state index contributed by atoms with van der Waals surface area (Å²) in [4.78, 5) is 31.9. The van der Waals surface area contributed by atoms with Gasteiger partial charge in [0.15, 0.2) is 5.78 Å². The Morgan fingerprint density at radius 2 is 1.11 bits per heavy atom. The molecule has 6 rings (SSSR count). The van der Waals surface area contributed by atoms with E-state index in [1.165, 1.54) is 6.07 Å². The standard InChI is InChI=1S/C20H19BrF3N3O.C18H15BrF3N3O2/c1-3-18(28)15-5-4-14(8-12(15)2)27-11-26-19-16(9-13(21)10-17(19)27)25-7-6-20(22,23)24;1-10-6-12(2-3-13(10)17(26)27)25-9-24-16-14(7-11(19)8-15(16)25)23-5-4-18(20,21)22/h4-5,8-11,25H,3,6-7H2,1-2H3;2-3,6-9,23H,4-5H2,1H3,(H,26,27). The van der Waals surface area contributed by atoms with E-state index in [-0.39, 0.29) is 24.4 Å². The van der Waals surface area contributed by atoms with Crippen LogP contribution in [0.5, 0.6) is 0 Å². The lowest BCUT2D eigenvalue weighted by molar-refractivity contribution is -0.132. The molecule has 0 radical (unpaired) electrons. The fourth-order valence-electron chi connectivity index (χ4n) is 5.86. The first-order chi connectivity index (χ1) is 25.8. The van der Waals surface area contributed by atoms with Gasteiger partial charge in [0, 0.05) is 45.4 Å². The lowest BCUT2D eigenvalue weighted by Gasteiger charge is -2.12. The lowest BCUT2D eigenvalue weighted by atomic mass is 10.0. The molecule has 2 aromatic heterocycles. The monoisotopic (exact) mass is 894 g/mol. The molecule has 55 heavy (non-hydrogen) atoms. The molecule has 0 saturated heterocycles. The number of carbonyl (C=O) groups is 2. The second-order valence-corrected chi connectivity index (χ2v) is 14.4. The maximum Gasteiger partial charge on any atom is 0.390 e. The summed E-state index contributed by atoms with van der Waals surface area (Å²) >= 11 is 6.78. The van der Waals surface area contributed by atoms with E-state index in [1.54, 1.807) is 60.5 Å². The van der Waals surface area contributed by atoms with Gasteiger partial charge in [-0.1, -0.05) is 38.8 Å². The number of nitrogens with one attached hydrogen (secondary N) is 2. The zero-order valence-corrected chi connectivity index (χ0v) is 32.7. The number of carboxylic acid groups (broad SMARTS) is 1. The normalized spacial score (nSPS) is 11.8. The second-order valence-electron chi connectivity index (χ2n) is 12.5. The summed E-state index contributed by atoms with van der Waals surface area (Å²) in [5.74, 6) is -0.924. The fraction of sp³-hybridized carbons (Fsp3) is 0.263. The molecular weight excluding hydrogens is 862 g/mol. The number of ketones is 1. The zero-order valence-electron chi connectivity index (χ0n) is 29.5. The molecule has 0 spiro atoms. The van der Waals surface area contributed by atoms with Crippen molar-refractivity contribution in [2.45, 2.75) is 52.4 Å². The predicted octanol–water partition coefficient (Wildman–Crippen LogP) is 11.2. The van der Waals surface area contributed by atoms with Crippen LogP contribution in [0.4, 0.5) is 37.7 Å². The smallest absolute Gasteiger partial charge is 0.390 e. The van der Waals surface area contributed by atoms with E-state index >= 15 is 0 Å². The molecule has 2 heterocycles. The highest BCUT2D eigenvalue weighted by atomic mass is 79.9. The zero-order chi connectivity index (χ0) is 40.2. The van der Waals surface area contributed by atoms with Gasteiger partial charge in [0.2, 0.25) is 0 Å². The number of anilines is 2. The van der Waals surface area contributed by atoms with Crippen molar-refractivity contribution in [3.05, 3.63) is 105 Å². The number of aryl methyl sites for hydroxylation is 2. The van der Waals surface area contributed by atoms with E-state index in [0.29, 0.717) is 55.6 Å². The molecule has 0 aliphatic rings. The summed E-state index contributed by atoms with van der Waals surface area (Å²) < 4.78 is 79.5. The molecule has 0 fully saturated rings. The molecule has 4 aromatic carbocycles. The Balaban J connectivity index is 0.000000211. The first-order valence-corrected chi connectivity index (χ1v) is 18.4. The number of rotatable bonds is 11. The largest absolute Gasteiger partial charge is 0.478 e. The quantitative estimate of drug-likeness (QED) is 0.0876. The lowest BCUT2D eigenvalue weighted by Crippen LogP contribution is -2.14. The first kappa shape index (κ1) is 41.3. The highest BCUT2D eigenvalue weighted by Gasteiger charge is 2.27. The molecule has 0 atom stereocenters. The molecule has 0 saturated carbocycles. The van der Waals surface area contributed by atoms with E-state index in [0.717, 1.165) is 21.2 Å². The SMILES string of the molecule is CCC(=O)c1ccc(-n2cnc3c(NCCC(F)(F)F)cc(Br)cc32)cc1C.Cc1cc(-n2cnc3c(NCCC(F)(F)F)cc(Br)cc32)ccc1C(=O)O. The van der Waals surface area contributed by atoms with Crippen LogP contribution in [0.1, 0.15) is 58.0 Å².